The van der Waals surface area contributed by atoms with Gasteiger partial charge in [-0.1, -0.05) is 12.2 Å². The largest absolute Gasteiger partial charge is 0.481 e. The molecule has 2 aliphatic carbocycles. The lowest BCUT2D eigenvalue weighted by molar-refractivity contribution is -0.140. The Bertz CT molecular complexity index is 377. The molecule has 0 aliphatic heterocycles. The molecule has 2 rings (SSSR count). The molecule has 0 spiro atoms. The summed E-state index contributed by atoms with van der Waals surface area (Å²) in [4.78, 5) is 22.5. The molecule has 19 heavy (non-hydrogen) atoms. The third kappa shape index (κ3) is 3.70. The number of aliphatic carboxylic acids is 1. The molecule has 0 heterocycles. The van der Waals surface area contributed by atoms with E-state index in [1.807, 2.05) is 6.92 Å². The zero-order valence-corrected chi connectivity index (χ0v) is 11.0. The molecular weight excluding hydrogens is 248 g/mol. The Hall–Kier alpha value is -1.56. The minimum atomic E-state index is -0.848. The van der Waals surface area contributed by atoms with Crippen molar-refractivity contribution in [3.8, 4) is 0 Å². The fourth-order valence-corrected chi connectivity index (χ4v) is 2.44. The maximum absolute atomic E-state index is 11.7. The van der Waals surface area contributed by atoms with Gasteiger partial charge in [-0.15, -0.1) is 0 Å². The van der Waals surface area contributed by atoms with Crippen LogP contribution in [0.4, 0.5) is 4.79 Å². The van der Waals surface area contributed by atoms with E-state index in [-0.39, 0.29) is 24.2 Å². The van der Waals surface area contributed by atoms with Gasteiger partial charge in [-0.3, -0.25) is 4.79 Å². The SMILES string of the molecule is CCOC1CC(NC(=O)NC2C=CC(C(=O)O)C2)C1. The van der Waals surface area contributed by atoms with E-state index in [0.717, 1.165) is 12.8 Å². The lowest BCUT2D eigenvalue weighted by atomic mass is 9.89. The van der Waals surface area contributed by atoms with E-state index in [1.165, 1.54) is 0 Å². The Morgan fingerprint density at radius 2 is 2.00 bits per heavy atom. The quantitative estimate of drug-likeness (QED) is 0.646. The molecule has 1 saturated carbocycles. The van der Waals surface area contributed by atoms with Crippen molar-refractivity contribution in [1.29, 1.82) is 0 Å². The van der Waals surface area contributed by atoms with Gasteiger partial charge in [0.05, 0.1) is 18.1 Å². The predicted octanol–water partition coefficient (Wildman–Crippen LogP) is 0.882. The summed E-state index contributed by atoms with van der Waals surface area (Å²) in [7, 11) is 0. The second kappa shape index (κ2) is 6.06. The first-order chi connectivity index (χ1) is 9.08. The van der Waals surface area contributed by atoms with E-state index in [0.29, 0.717) is 13.0 Å². The molecule has 0 saturated heterocycles. The predicted molar refractivity (Wildman–Crippen MR) is 68.8 cm³/mol. The number of rotatable bonds is 5. The van der Waals surface area contributed by atoms with Gasteiger partial charge in [0.1, 0.15) is 0 Å². The van der Waals surface area contributed by atoms with E-state index in [9.17, 15) is 9.59 Å². The topological polar surface area (TPSA) is 87.7 Å². The molecule has 2 amide bonds. The lowest BCUT2D eigenvalue weighted by Crippen LogP contribution is -2.52. The van der Waals surface area contributed by atoms with Crippen LogP contribution in [0.5, 0.6) is 0 Å². The number of carboxylic acid groups (broad SMARTS) is 1. The fraction of sp³-hybridized carbons (Fsp3) is 0.692. The Kier molecular flexibility index (Phi) is 4.42. The molecule has 0 aromatic heterocycles. The van der Waals surface area contributed by atoms with Crippen LogP contribution in [0.1, 0.15) is 26.2 Å². The zero-order valence-electron chi connectivity index (χ0n) is 11.0. The summed E-state index contributed by atoms with van der Waals surface area (Å²) >= 11 is 0. The number of amides is 2. The molecule has 6 heteroatoms. The molecule has 0 aromatic carbocycles. The van der Waals surface area contributed by atoms with Crippen LogP contribution in [0.3, 0.4) is 0 Å². The Labute approximate surface area is 112 Å². The van der Waals surface area contributed by atoms with Gasteiger partial charge in [0.15, 0.2) is 0 Å². The molecule has 2 atom stereocenters. The molecule has 6 nitrogen and oxygen atoms in total. The maximum Gasteiger partial charge on any atom is 0.315 e. The molecule has 0 radical (unpaired) electrons. The van der Waals surface area contributed by atoms with Crippen LogP contribution < -0.4 is 10.6 Å². The van der Waals surface area contributed by atoms with Crippen molar-refractivity contribution < 1.29 is 19.4 Å². The summed E-state index contributed by atoms with van der Waals surface area (Å²) in [5.74, 6) is -1.34. The van der Waals surface area contributed by atoms with Crippen LogP contribution in [-0.4, -0.2) is 41.9 Å². The number of carbonyl (C=O) groups is 2. The van der Waals surface area contributed by atoms with Gasteiger partial charge in [-0.05, 0) is 26.2 Å². The van der Waals surface area contributed by atoms with E-state index in [4.69, 9.17) is 9.84 Å². The highest BCUT2D eigenvalue weighted by atomic mass is 16.5. The first kappa shape index (κ1) is 13.9. The Morgan fingerprint density at radius 3 is 2.58 bits per heavy atom. The number of ether oxygens (including phenoxy) is 1. The van der Waals surface area contributed by atoms with Crippen LogP contribution in [0.15, 0.2) is 12.2 Å². The van der Waals surface area contributed by atoms with Gasteiger partial charge in [0.2, 0.25) is 0 Å². The third-order valence-corrected chi connectivity index (χ3v) is 3.55. The number of nitrogens with one attached hydrogen (secondary N) is 2. The second-order valence-electron chi connectivity index (χ2n) is 5.04. The van der Waals surface area contributed by atoms with Crippen LogP contribution in [-0.2, 0) is 9.53 Å². The second-order valence-corrected chi connectivity index (χ2v) is 5.04. The average Bonchev–Trinajstić information content (AvgIpc) is 2.75. The van der Waals surface area contributed by atoms with Crippen molar-refractivity contribution >= 4 is 12.0 Å². The Morgan fingerprint density at radius 1 is 1.26 bits per heavy atom. The van der Waals surface area contributed by atoms with Gasteiger partial charge >= 0.3 is 12.0 Å². The molecular formula is C13H20N2O4. The minimum Gasteiger partial charge on any atom is -0.481 e. The number of hydrogen-bond donors (Lipinski definition) is 3. The van der Waals surface area contributed by atoms with Gasteiger partial charge in [0.25, 0.3) is 0 Å². The van der Waals surface area contributed by atoms with Gasteiger partial charge in [-0.2, -0.15) is 0 Å². The van der Waals surface area contributed by atoms with Crippen LogP contribution in [0.25, 0.3) is 0 Å². The van der Waals surface area contributed by atoms with Crippen molar-refractivity contribution in [3.05, 3.63) is 12.2 Å². The molecule has 2 aliphatic rings. The number of carbonyl (C=O) groups excluding carboxylic acids is 1. The molecule has 0 bridgehead atoms. The van der Waals surface area contributed by atoms with Crippen molar-refractivity contribution in [2.24, 2.45) is 5.92 Å². The number of carboxylic acids is 1. The lowest BCUT2D eigenvalue weighted by Gasteiger charge is -2.35. The highest BCUT2D eigenvalue weighted by Gasteiger charge is 2.31. The standard InChI is InChI=1S/C13H20N2O4/c1-2-19-11-6-10(7-11)15-13(18)14-9-4-3-8(5-9)12(16)17/h3-4,8-11H,2,5-7H2,1H3,(H,16,17)(H2,14,15,18). The summed E-state index contributed by atoms with van der Waals surface area (Å²) in [5.41, 5.74) is 0. The van der Waals surface area contributed by atoms with Crippen molar-refractivity contribution in [3.63, 3.8) is 0 Å². The highest BCUT2D eigenvalue weighted by molar-refractivity contribution is 5.76. The first-order valence-corrected chi connectivity index (χ1v) is 6.68. The first-order valence-electron chi connectivity index (χ1n) is 6.68. The average molecular weight is 268 g/mol. The van der Waals surface area contributed by atoms with Crippen LogP contribution in [0.2, 0.25) is 0 Å². The van der Waals surface area contributed by atoms with E-state index in [2.05, 4.69) is 10.6 Å². The van der Waals surface area contributed by atoms with E-state index in [1.54, 1.807) is 12.2 Å². The highest BCUT2D eigenvalue weighted by Crippen LogP contribution is 2.23. The monoisotopic (exact) mass is 268 g/mol. The molecule has 1 fully saturated rings. The minimum absolute atomic E-state index is 0.164. The van der Waals surface area contributed by atoms with Crippen molar-refractivity contribution in [2.75, 3.05) is 6.61 Å². The molecule has 106 valence electrons. The zero-order chi connectivity index (χ0) is 13.8. The number of urea groups is 1. The summed E-state index contributed by atoms with van der Waals surface area (Å²) in [5, 5.41) is 14.5. The van der Waals surface area contributed by atoms with Gasteiger partial charge in [-0.25, -0.2) is 4.79 Å². The summed E-state index contributed by atoms with van der Waals surface area (Å²) in [6.45, 7) is 2.66. The molecule has 0 aromatic rings. The maximum atomic E-state index is 11.7. The van der Waals surface area contributed by atoms with Gasteiger partial charge in [0, 0.05) is 12.6 Å². The summed E-state index contributed by atoms with van der Waals surface area (Å²) < 4.78 is 5.42. The normalized spacial score (nSPS) is 32.7. The van der Waals surface area contributed by atoms with Crippen molar-refractivity contribution in [1.82, 2.24) is 10.6 Å². The van der Waals surface area contributed by atoms with Crippen LogP contribution >= 0.6 is 0 Å². The number of hydrogen-bond acceptors (Lipinski definition) is 3. The molecule has 2 unspecified atom stereocenters. The van der Waals surface area contributed by atoms with Gasteiger partial charge < -0.3 is 20.5 Å². The summed E-state index contributed by atoms with van der Waals surface area (Å²) in [6, 6.07) is -0.262. The van der Waals surface area contributed by atoms with E-state index < -0.39 is 11.9 Å². The van der Waals surface area contributed by atoms with Crippen molar-refractivity contribution in [2.45, 2.75) is 44.4 Å². The smallest absolute Gasteiger partial charge is 0.315 e. The fourth-order valence-electron chi connectivity index (χ4n) is 2.44. The Balaban J connectivity index is 1.64. The van der Waals surface area contributed by atoms with Crippen LogP contribution in [0, 0.1) is 5.92 Å². The van der Waals surface area contributed by atoms with E-state index >= 15 is 0 Å². The summed E-state index contributed by atoms with van der Waals surface area (Å²) in [6.07, 6.45) is 5.75. The third-order valence-electron chi connectivity index (χ3n) is 3.55. The molecule has 3 N–H and O–H groups in total.